The van der Waals surface area contributed by atoms with Crippen molar-refractivity contribution in [1.82, 2.24) is 0 Å². The Morgan fingerprint density at radius 1 is 1.29 bits per heavy atom. The van der Waals surface area contributed by atoms with E-state index in [9.17, 15) is 10.2 Å². The number of fused-ring (bicyclic) bond motifs is 5. The summed E-state index contributed by atoms with van der Waals surface area (Å²) in [5.74, 6) is 2.00. The first kappa shape index (κ1) is 21.9. The SMILES string of the molecule is C=C/C(=C\C=C/C)CO/N=C/c1cc2c(cc1O)CCC1C2CCC2(C)C(O)CCC12. The van der Waals surface area contributed by atoms with Gasteiger partial charge in [0.05, 0.1) is 12.3 Å². The van der Waals surface area contributed by atoms with Crippen molar-refractivity contribution in [1.29, 1.82) is 0 Å². The van der Waals surface area contributed by atoms with E-state index >= 15 is 0 Å². The Labute approximate surface area is 186 Å². The maximum Gasteiger partial charge on any atom is 0.142 e. The monoisotopic (exact) mass is 421 g/mol. The first-order valence-electron chi connectivity index (χ1n) is 11.6. The third-order valence-electron chi connectivity index (χ3n) is 8.08. The highest BCUT2D eigenvalue weighted by Gasteiger charge is 2.54. The molecule has 1 aromatic rings. The minimum Gasteiger partial charge on any atom is -0.507 e. The fourth-order valence-corrected chi connectivity index (χ4v) is 6.30. The highest BCUT2D eigenvalue weighted by molar-refractivity contribution is 5.83. The van der Waals surface area contributed by atoms with Gasteiger partial charge < -0.3 is 15.1 Å². The Morgan fingerprint density at radius 3 is 2.90 bits per heavy atom. The highest BCUT2D eigenvalue weighted by atomic mass is 16.6. The molecule has 1 aromatic carbocycles. The van der Waals surface area contributed by atoms with Gasteiger partial charge in [0.1, 0.15) is 12.4 Å². The summed E-state index contributed by atoms with van der Waals surface area (Å²) < 4.78 is 0. The van der Waals surface area contributed by atoms with Crippen molar-refractivity contribution in [2.45, 2.75) is 64.4 Å². The van der Waals surface area contributed by atoms with Crippen LogP contribution in [-0.2, 0) is 11.3 Å². The summed E-state index contributed by atoms with van der Waals surface area (Å²) in [4.78, 5) is 5.43. The second kappa shape index (κ2) is 9.04. The number of aryl methyl sites for hydroxylation is 1. The van der Waals surface area contributed by atoms with Crippen LogP contribution in [-0.4, -0.2) is 29.1 Å². The zero-order valence-electron chi connectivity index (χ0n) is 18.8. The summed E-state index contributed by atoms with van der Waals surface area (Å²) in [6.45, 7) is 8.39. The normalized spacial score (nSPS) is 32.7. The molecule has 5 atom stereocenters. The third kappa shape index (κ3) is 4.10. The maximum absolute atomic E-state index is 10.6. The maximum atomic E-state index is 10.6. The Kier molecular flexibility index (Phi) is 6.38. The molecule has 4 heteroatoms. The second-order valence-corrected chi connectivity index (χ2v) is 9.64. The van der Waals surface area contributed by atoms with Crippen LogP contribution < -0.4 is 0 Å². The molecule has 31 heavy (non-hydrogen) atoms. The number of hydrogen-bond acceptors (Lipinski definition) is 4. The van der Waals surface area contributed by atoms with Crippen molar-refractivity contribution in [3.63, 3.8) is 0 Å². The van der Waals surface area contributed by atoms with E-state index < -0.39 is 0 Å². The van der Waals surface area contributed by atoms with Crippen molar-refractivity contribution in [2.75, 3.05) is 6.61 Å². The summed E-state index contributed by atoms with van der Waals surface area (Å²) in [6, 6.07) is 4.04. The number of allylic oxidation sites excluding steroid dienone is 3. The summed E-state index contributed by atoms with van der Waals surface area (Å²) in [6.07, 6.45) is 15.5. The lowest BCUT2D eigenvalue weighted by molar-refractivity contribution is -0.0226. The molecule has 0 heterocycles. The molecular formula is C27H35NO3. The largest absolute Gasteiger partial charge is 0.507 e. The van der Waals surface area contributed by atoms with Gasteiger partial charge in [0.2, 0.25) is 0 Å². The van der Waals surface area contributed by atoms with Crippen LogP contribution >= 0.6 is 0 Å². The molecule has 2 saturated carbocycles. The fourth-order valence-electron chi connectivity index (χ4n) is 6.30. The highest BCUT2D eigenvalue weighted by Crippen LogP contribution is 2.61. The van der Waals surface area contributed by atoms with E-state index in [1.54, 1.807) is 12.3 Å². The van der Waals surface area contributed by atoms with Crippen LogP contribution in [0.25, 0.3) is 0 Å². The molecule has 4 nitrogen and oxygen atoms in total. The number of aromatic hydroxyl groups is 1. The van der Waals surface area contributed by atoms with Gasteiger partial charge in [-0.15, -0.1) is 0 Å². The first-order chi connectivity index (χ1) is 15.0. The zero-order valence-corrected chi connectivity index (χ0v) is 18.8. The minimum atomic E-state index is -0.151. The molecule has 0 radical (unpaired) electrons. The van der Waals surface area contributed by atoms with Crippen LogP contribution in [0, 0.1) is 17.3 Å². The molecule has 4 rings (SSSR count). The molecule has 2 N–H and O–H groups in total. The van der Waals surface area contributed by atoms with Gasteiger partial charge >= 0.3 is 0 Å². The average molecular weight is 422 g/mol. The van der Waals surface area contributed by atoms with E-state index in [1.807, 2.05) is 31.2 Å². The van der Waals surface area contributed by atoms with Crippen LogP contribution in [0.1, 0.15) is 68.6 Å². The van der Waals surface area contributed by atoms with Crippen molar-refractivity contribution in [3.05, 3.63) is 65.3 Å². The molecule has 0 spiro atoms. The van der Waals surface area contributed by atoms with Gasteiger partial charge in [-0.25, -0.2) is 0 Å². The van der Waals surface area contributed by atoms with Gasteiger partial charge in [-0.2, -0.15) is 0 Å². The van der Waals surface area contributed by atoms with E-state index in [4.69, 9.17) is 4.84 Å². The number of hydrogen-bond donors (Lipinski definition) is 2. The van der Waals surface area contributed by atoms with E-state index in [0.29, 0.717) is 29.9 Å². The minimum absolute atomic E-state index is 0.0804. The third-order valence-corrected chi connectivity index (χ3v) is 8.08. The molecule has 3 aliphatic rings. The Bertz CT molecular complexity index is 915. The van der Waals surface area contributed by atoms with Gasteiger partial charge in [-0.05, 0) is 97.5 Å². The number of benzene rings is 1. The lowest BCUT2D eigenvalue weighted by Crippen LogP contribution is -2.43. The van der Waals surface area contributed by atoms with Crippen molar-refractivity contribution in [2.24, 2.45) is 22.4 Å². The average Bonchev–Trinajstić information content (AvgIpc) is 3.08. The topological polar surface area (TPSA) is 62.0 Å². The van der Waals surface area contributed by atoms with Crippen LogP contribution in [0.2, 0.25) is 0 Å². The van der Waals surface area contributed by atoms with E-state index in [2.05, 4.69) is 24.7 Å². The number of rotatable bonds is 6. The van der Waals surface area contributed by atoms with E-state index in [-0.39, 0.29) is 17.3 Å². The van der Waals surface area contributed by atoms with Crippen LogP contribution in [0.5, 0.6) is 5.75 Å². The molecule has 3 aliphatic carbocycles. The number of phenols is 1. The molecule has 0 saturated heterocycles. The lowest BCUT2D eigenvalue weighted by Gasteiger charge is -2.50. The smallest absolute Gasteiger partial charge is 0.142 e. The van der Waals surface area contributed by atoms with Crippen molar-refractivity contribution < 1.29 is 15.1 Å². The molecule has 0 bridgehead atoms. The standard InChI is InChI=1S/C27H35NO3/c1-4-6-7-18(5-2)17-31-28-16-20-14-23-19(15-25(20)29)8-9-22-21(23)12-13-27(3)24(22)10-11-26(27)30/h4-7,14-16,21-22,24,26,29-30H,2,8-13,17H2,1,3H3/b6-4-,18-7+,28-16+. The second-order valence-electron chi connectivity index (χ2n) is 9.64. The van der Waals surface area contributed by atoms with E-state index in [1.165, 1.54) is 11.1 Å². The first-order valence-corrected chi connectivity index (χ1v) is 11.6. The van der Waals surface area contributed by atoms with Crippen molar-refractivity contribution in [3.8, 4) is 5.75 Å². The fraction of sp³-hybridized carbons (Fsp3) is 0.519. The van der Waals surface area contributed by atoms with Crippen LogP contribution in [0.3, 0.4) is 0 Å². The number of oxime groups is 1. The molecule has 2 fully saturated rings. The lowest BCUT2D eigenvalue weighted by atomic mass is 9.55. The molecule has 0 aromatic heterocycles. The molecule has 166 valence electrons. The van der Waals surface area contributed by atoms with Crippen molar-refractivity contribution >= 4 is 6.21 Å². The number of aliphatic hydroxyl groups is 1. The van der Waals surface area contributed by atoms with E-state index in [0.717, 1.165) is 44.1 Å². The molecule has 0 aliphatic heterocycles. The summed E-state index contributed by atoms with van der Waals surface area (Å²) in [5.41, 5.74) is 4.35. The summed E-state index contributed by atoms with van der Waals surface area (Å²) in [5, 5.41) is 25.2. The molecule has 0 amide bonds. The predicted molar refractivity (Wildman–Crippen MR) is 125 cm³/mol. The zero-order chi connectivity index (χ0) is 22.0. The van der Waals surface area contributed by atoms with Gasteiger partial charge in [-0.1, -0.05) is 43.0 Å². The predicted octanol–water partition coefficient (Wildman–Crippen LogP) is 5.65. The van der Waals surface area contributed by atoms with Gasteiger partial charge in [0.25, 0.3) is 0 Å². The molecule has 5 unspecified atom stereocenters. The Hall–Kier alpha value is -2.33. The molecular weight excluding hydrogens is 386 g/mol. The van der Waals surface area contributed by atoms with Crippen LogP contribution in [0.15, 0.2) is 53.7 Å². The quantitative estimate of drug-likeness (QED) is 0.354. The van der Waals surface area contributed by atoms with Gasteiger partial charge in [0, 0.05) is 5.56 Å². The van der Waals surface area contributed by atoms with Gasteiger partial charge in [-0.3, -0.25) is 0 Å². The summed E-state index contributed by atoms with van der Waals surface area (Å²) >= 11 is 0. The number of nitrogens with zero attached hydrogens (tertiary/aromatic N) is 1. The van der Waals surface area contributed by atoms with Gasteiger partial charge in [0.15, 0.2) is 0 Å². The Balaban J connectivity index is 1.51. The van der Waals surface area contributed by atoms with Crippen LogP contribution in [0.4, 0.5) is 0 Å². The Morgan fingerprint density at radius 2 is 2.13 bits per heavy atom. The number of aliphatic hydroxyl groups excluding tert-OH is 1. The summed E-state index contributed by atoms with van der Waals surface area (Å²) in [7, 11) is 0. The number of phenolic OH excluding ortho intramolecular Hbond substituents is 1.